The van der Waals surface area contributed by atoms with Crippen LogP contribution in [0.15, 0.2) is 59.5 Å². The number of hydrogen-bond acceptors (Lipinski definition) is 5. The average molecular weight is 433 g/mol. The summed E-state index contributed by atoms with van der Waals surface area (Å²) in [5, 5.41) is 11.0. The molecule has 1 saturated heterocycles. The second kappa shape index (κ2) is 7.88. The van der Waals surface area contributed by atoms with Gasteiger partial charge in [0.1, 0.15) is 0 Å². The summed E-state index contributed by atoms with van der Waals surface area (Å²) >= 11 is 0.899. The van der Waals surface area contributed by atoms with Gasteiger partial charge in [-0.1, -0.05) is 24.3 Å². The van der Waals surface area contributed by atoms with Gasteiger partial charge in [-0.2, -0.15) is 0 Å². The Labute approximate surface area is 183 Å². The highest BCUT2D eigenvalue weighted by Crippen LogP contribution is 2.36. The molecule has 1 fully saturated rings. The molecule has 0 saturated carbocycles. The molecule has 2 amide bonds. The van der Waals surface area contributed by atoms with Crippen molar-refractivity contribution in [3.05, 3.63) is 92.1 Å². The Balaban J connectivity index is 1.73. The topological polar surface area (TPSA) is 85.5 Å². The number of hydrogen-bond donors (Lipinski definition) is 0. The summed E-state index contributed by atoms with van der Waals surface area (Å²) in [5.41, 5.74) is 4.31. The third-order valence-electron chi connectivity index (χ3n) is 5.21. The predicted octanol–water partition coefficient (Wildman–Crippen LogP) is 5.55. The van der Waals surface area contributed by atoms with E-state index in [0.29, 0.717) is 21.8 Å². The van der Waals surface area contributed by atoms with E-state index in [1.54, 1.807) is 49.4 Å². The second-order valence-corrected chi connectivity index (χ2v) is 8.24. The van der Waals surface area contributed by atoms with Crippen molar-refractivity contribution in [1.29, 1.82) is 0 Å². The minimum atomic E-state index is -0.395. The molecule has 8 heteroatoms. The number of amides is 2. The molecule has 3 aromatic rings. The van der Waals surface area contributed by atoms with Crippen LogP contribution >= 0.6 is 11.8 Å². The number of carbonyl (C=O) groups is 2. The van der Waals surface area contributed by atoms with E-state index in [9.17, 15) is 19.7 Å². The van der Waals surface area contributed by atoms with Gasteiger partial charge in [-0.25, -0.2) is 4.90 Å². The Morgan fingerprint density at radius 2 is 1.68 bits per heavy atom. The summed E-state index contributed by atoms with van der Waals surface area (Å²) in [6.07, 6.45) is 1.70. The van der Waals surface area contributed by atoms with Crippen molar-refractivity contribution < 1.29 is 14.5 Å². The van der Waals surface area contributed by atoms with Gasteiger partial charge in [0.25, 0.3) is 16.8 Å². The largest absolute Gasteiger partial charge is 0.318 e. The van der Waals surface area contributed by atoms with Crippen molar-refractivity contribution in [3.8, 4) is 5.69 Å². The fourth-order valence-corrected chi connectivity index (χ4v) is 4.51. The summed E-state index contributed by atoms with van der Waals surface area (Å²) < 4.78 is 1.90. The molecule has 31 heavy (non-hydrogen) atoms. The van der Waals surface area contributed by atoms with Gasteiger partial charge in [0.15, 0.2) is 0 Å². The molecule has 0 aliphatic carbocycles. The smallest absolute Gasteiger partial charge is 0.298 e. The van der Waals surface area contributed by atoms with Gasteiger partial charge < -0.3 is 4.57 Å². The molecule has 1 aromatic heterocycles. The van der Waals surface area contributed by atoms with E-state index in [1.807, 2.05) is 36.6 Å². The number of nitro groups is 1. The molecule has 0 bridgehead atoms. The number of aryl methyl sites for hydroxylation is 2. The Hall–Kier alpha value is -3.65. The van der Waals surface area contributed by atoms with Crippen molar-refractivity contribution in [3.63, 3.8) is 0 Å². The van der Waals surface area contributed by atoms with Crippen molar-refractivity contribution in [1.82, 2.24) is 4.57 Å². The molecule has 0 unspecified atom stereocenters. The Morgan fingerprint density at radius 1 is 0.968 bits per heavy atom. The summed E-state index contributed by atoms with van der Waals surface area (Å²) in [7, 11) is 0. The van der Waals surface area contributed by atoms with Crippen molar-refractivity contribution in [2.75, 3.05) is 4.90 Å². The molecule has 4 rings (SSSR count). The van der Waals surface area contributed by atoms with Crippen molar-refractivity contribution >= 4 is 40.4 Å². The van der Waals surface area contributed by atoms with E-state index in [0.717, 1.165) is 28.7 Å². The molecule has 0 N–H and O–H groups in total. The first kappa shape index (κ1) is 20.6. The maximum Gasteiger partial charge on any atom is 0.298 e. The van der Waals surface area contributed by atoms with Gasteiger partial charge in [0.05, 0.1) is 21.2 Å². The van der Waals surface area contributed by atoms with Gasteiger partial charge in [0, 0.05) is 23.0 Å². The number of nitro benzene ring substituents is 1. The highest BCUT2D eigenvalue weighted by molar-refractivity contribution is 8.19. The number of para-hydroxylation sites is 1. The third-order valence-corrected chi connectivity index (χ3v) is 6.08. The maximum absolute atomic E-state index is 12.9. The number of anilines is 1. The van der Waals surface area contributed by atoms with E-state index in [-0.39, 0.29) is 16.8 Å². The molecule has 2 aromatic carbocycles. The summed E-state index contributed by atoms with van der Waals surface area (Å²) in [5.74, 6) is -0.364. The lowest BCUT2D eigenvalue weighted by atomic mass is 10.1. The number of benzene rings is 2. The van der Waals surface area contributed by atoms with E-state index in [4.69, 9.17) is 0 Å². The standard InChI is InChI=1S/C23H19N3O4S/c1-14-9-10-19(13-20(14)26(29)30)24-15(2)11-17(16(24)3)12-21-22(27)25(23(28)31-21)18-7-5-4-6-8-18/h4-13H,1-3H3/b21-12+. The summed E-state index contributed by atoms with van der Waals surface area (Å²) in [4.78, 5) is 37.8. The summed E-state index contributed by atoms with van der Waals surface area (Å²) in [6.45, 7) is 5.48. The number of aromatic nitrogens is 1. The average Bonchev–Trinajstić information content (AvgIpc) is 3.17. The second-order valence-electron chi connectivity index (χ2n) is 7.24. The number of thioether (sulfide) groups is 1. The molecule has 0 spiro atoms. The van der Waals surface area contributed by atoms with E-state index in [1.165, 1.54) is 4.90 Å². The lowest BCUT2D eigenvalue weighted by molar-refractivity contribution is -0.385. The minimum Gasteiger partial charge on any atom is -0.318 e. The third kappa shape index (κ3) is 3.66. The number of imide groups is 1. The Morgan fingerprint density at radius 3 is 2.35 bits per heavy atom. The SMILES string of the molecule is Cc1ccc(-n2c(C)cc(/C=C3/SC(=O)N(c4ccccc4)C3=O)c2C)cc1[N+](=O)[O-]. The maximum atomic E-state index is 12.9. The van der Waals surface area contributed by atoms with Crippen LogP contribution in [0.2, 0.25) is 0 Å². The molecule has 0 atom stereocenters. The van der Waals surface area contributed by atoms with Crippen LogP contribution < -0.4 is 4.90 Å². The number of rotatable bonds is 4. The monoisotopic (exact) mass is 433 g/mol. The Kier molecular flexibility index (Phi) is 5.24. The predicted molar refractivity (Wildman–Crippen MR) is 122 cm³/mol. The molecule has 156 valence electrons. The lowest BCUT2D eigenvalue weighted by Gasteiger charge is -2.11. The molecule has 1 aliphatic rings. The quantitative estimate of drug-likeness (QED) is 0.306. The highest BCUT2D eigenvalue weighted by Gasteiger charge is 2.36. The first-order chi connectivity index (χ1) is 14.8. The van der Waals surface area contributed by atoms with Crippen LogP contribution in [0.3, 0.4) is 0 Å². The van der Waals surface area contributed by atoms with Gasteiger partial charge in [-0.05, 0) is 68.4 Å². The van der Waals surface area contributed by atoms with Gasteiger partial charge >= 0.3 is 0 Å². The first-order valence-electron chi connectivity index (χ1n) is 9.55. The van der Waals surface area contributed by atoms with Gasteiger partial charge in [0.2, 0.25) is 0 Å². The van der Waals surface area contributed by atoms with E-state index in [2.05, 4.69) is 0 Å². The number of nitrogens with zero attached hydrogens (tertiary/aromatic N) is 3. The molecular formula is C23H19N3O4S. The van der Waals surface area contributed by atoms with E-state index < -0.39 is 4.92 Å². The van der Waals surface area contributed by atoms with Crippen molar-refractivity contribution in [2.24, 2.45) is 0 Å². The molecule has 1 aliphatic heterocycles. The molecule has 2 heterocycles. The van der Waals surface area contributed by atoms with Crippen LogP contribution in [-0.2, 0) is 4.79 Å². The molecule has 0 radical (unpaired) electrons. The van der Waals surface area contributed by atoms with E-state index >= 15 is 0 Å². The summed E-state index contributed by atoms with van der Waals surface area (Å²) in [6, 6.07) is 15.8. The van der Waals surface area contributed by atoms with Crippen LogP contribution in [0.5, 0.6) is 0 Å². The zero-order chi connectivity index (χ0) is 22.3. The van der Waals surface area contributed by atoms with Gasteiger partial charge in [-0.15, -0.1) is 0 Å². The highest BCUT2D eigenvalue weighted by atomic mass is 32.2. The number of carbonyl (C=O) groups excluding carboxylic acids is 2. The molecular weight excluding hydrogens is 414 g/mol. The Bertz CT molecular complexity index is 1260. The molecule has 7 nitrogen and oxygen atoms in total. The van der Waals surface area contributed by atoms with Crippen LogP contribution in [0.25, 0.3) is 11.8 Å². The van der Waals surface area contributed by atoms with Crippen molar-refractivity contribution in [2.45, 2.75) is 20.8 Å². The van der Waals surface area contributed by atoms with Crippen LogP contribution in [0.4, 0.5) is 16.2 Å². The van der Waals surface area contributed by atoms with Crippen LogP contribution in [0.1, 0.15) is 22.5 Å². The zero-order valence-corrected chi connectivity index (χ0v) is 18.0. The first-order valence-corrected chi connectivity index (χ1v) is 10.4. The normalized spacial score (nSPS) is 15.2. The zero-order valence-electron chi connectivity index (χ0n) is 17.2. The minimum absolute atomic E-state index is 0.0514. The lowest BCUT2D eigenvalue weighted by Crippen LogP contribution is -2.27. The van der Waals surface area contributed by atoms with Gasteiger partial charge in [-0.3, -0.25) is 19.7 Å². The van der Waals surface area contributed by atoms with Crippen LogP contribution in [-0.4, -0.2) is 20.6 Å². The fourth-order valence-electron chi connectivity index (χ4n) is 3.67. The van der Waals surface area contributed by atoms with Crippen LogP contribution in [0, 0.1) is 30.9 Å². The fraction of sp³-hybridized carbons (Fsp3) is 0.130.